The van der Waals surface area contributed by atoms with Gasteiger partial charge in [-0.25, -0.2) is 0 Å². The molecule has 0 saturated carbocycles. The highest BCUT2D eigenvalue weighted by Crippen LogP contribution is 2.35. The zero-order valence-corrected chi connectivity index (χ0v) is 8.16. The fraction of sp³-hybridized carbons (Fsp3) is 0.250. The number of rotatable bonds is 0. The molecule has 0 amide bonds. The fourth-order valence-electron chi connectivity index (χ4n) is 2.12. The van der Waals surface area contributed by atoms with Crippen LogP contribution < -0.4 is 5.32 Å². The van der Waals surface area contributed by atoms with Crippen LogP contribution >= 0.6 is 0 Å². The zero-order chi connectivity index (χ0) is 10.3. The second-order valence-corrected chi connectivity index (χ2v) is 3.97. The van der Waals surface area contributed by atoms with Gasteiger partial charge < -0.3 is 10.1 Å². The summed E-state index contributed by atoms with van der Waals surface area (Å²) >= 11 is 0. The average Bonchev–Trinajstić information content (AvgIpc) is 2.25. The fourth-order valence-corrected chi connectivity index (χ4v) is 2.12. The SMILES string of the molecule is N#Cc1ccc2c(c1)C=CNC21COC1. The highest BCUT2D eigenvalue weighted by atomic mass is 16.5. The van der Waals surface area contributed by atoms with Crippen LogP contribution in [0.25, 0.3) is 6.08 Å². The zero-order valence-electron chi connectivity index (χ0n) is 8.16. The minimum absolute atomic E-state index is 0.0436. The molecule has 0 aromatic heterocycles. The van der Waals surface area contributed by atoms with Crippen LogP contribution in [0.1, 0.15) is 16.7 Å². The van der Waals surface area contributed by atoms with Gasteiger partial charge in [0.05, 0.1) is 24.8 Å². The predicted octanol–water partition coefficient (Wildman–Crippen LogP) is 1.36. The third-order valence-electron chi connectivity index (χ3n) is 3.02. The van der Waals surface area contributed by atoms with Gasteiger partial charge in [0.2, 0.25) is 0 Å². The molecular weight excluding hydrogens is 188 g/mol. The summed E-state index contributed by atoms with van der Waals surface area (Å²) < 4.78 is 5.27. The number of nitrogens with zero attached hydrogens (tertiary/aromatic N) is 1. The van der Waals surface area contributed by atoms with E-state index in [1.165, 1.54) is 5.56 Å². The van der Waals surface area contributed by atoms with Crippen LogP contribution in [0.15, 0.2) is 24.4 Å². The molecule has 2 aliphatic rings. The Balaban J connectivity index is 2.14. The summed E-state index contributed by atoms with van der Waals surface area (Å²) in [5.74, 6) is 0. The van der Waals surface area contributed by atoms with Crippen molar-refractivity contribution in [2.24, 2.45) is 0 Å². The quantitative estimate of drug-likeness (QED) is 0.684. The van der Waals surface area contributed by atoms with Crippen LogP contribution in [0.4, 0.5) is 0 Å². The van der Waals surface area contributed by atoms with Crippen LogP contribution in [0.5, 0.6) is 0 Å². The molecular formula is C12H10N2O. The second kappa shape index (κ2) is 2.85. The first-order chi connectivity index (χ1) is 7.34. The third-order valence-corrected chi connectivity index (χ3v) is 3.02. The average molecular weight is 198 g/mol. The largest absolute Gasteiger partial charge is 0.377 e. The number of hydrogen-bond donors (Lipinski definition) is 1. The van der Waals surface area contributed by atoms with Gasteiger partial charge in [0, 0.05) is 0 Å². The van der Waals surface area contributed by atoms with Gasteiger partial charge >= 0.3 is 0 Å². The van der Waals surface area contributed by atoms with Gasteiger partial charge in [0.1, 0.15) is 5.54 Å². The lowest BCUT2D eigenvalue weighted by Gasteiger charge is -2.44. The van der Waals surface area contributed by atoms with E-state index in [1.54, 1.807) is 0 Å². The first-order valence-electron chi connectivity index (χ1n) is 4.91. The van der Waals surface area contributed by atoms with Crippen molar-refractivity contribution in [3.05, 3.63) is 41.1 Å². The van der Waals surface area contributed by atoms with E-state index in [1.807, 2.05) is 30.5 Å². The molecule has 3 nitrogen and oxygen atoms in total. The van der Waals surface area contributed by atoms with Crippen molar-refractivity contribution < 1.29 is 4.74 Å². The Labute approximate surface area is 88.0 Å². The lowest BCUT2D eigenvalue weighted by atomic mass is 9.82. The summed E-state index contributed by atoms with van der Waals surface area (Å²) in [7, 11) is 0. The molecule has 0 atom stereocenters. The van der Waals surface area contributed by atoms with Crippen molar-refractivity contribution in [2.45, 2.75) is 5.54 Å². The lowest BCUT2D eigenvalue weighted by molar-refractivity contribution is -0.0724. The van der Waals surface area contributed by atoms with Crippen molar-refractivity contribution in [2.75, 3.05) is 13.2 Å². The molecule has 0 bridgehead atoms. The molecule has 1 fully saturated rings. The smallest absolute Gasteiger partial charge is 0.110 e. The monoisotopic (exact) mass is 198 g/mol. The Kier molecular flexibility index (Phi) is 1.62. The van der Waals surface area contributed by atoms with E-state index < -0.39 is 0 Å². The summed E-state index contributed by atoms with van der Waals surface area (Å²) in [6.07, 6.45) is 3.94. The first kappa shape index (κ1) is 8.51. The minimum Gasteiger partial charge on any atom is -0.377 e. The van der Waals surface area contributed by atoms with E-state index in [-0.39, 0.29) is 5.54 Å². The van der Waals surface area contributed by atoms with Gasteiger partial charge in [-0.15, -0.1) is 0 Å². The van der Waals surface area contributed by atoms with Gasteiger partial charge in [-0.3, -0.25) is 0 Å². The van der Waals surface area contributed by atoms with E-state index in [0.29, 0.717) is 18.8 Å². The molecule has 0 aliphatic carbocycles. The molecule has 0 radical (unpaired) electrons. The first-order valence-corrected chi connectivity index (χ1v) is 4.91. The van der Waals surface area contributed by atoms with E-state index in [4.69, 9.17) is 10.00 Å². The van der Waals surface area contributed by atoms with Gasteiger partial charge in [-0.1, -0.05) is 6.07 Å². The van der Waals surface area contributed by atoms with Crippen LogP contribution in [0, 0.1) is 11.3 Å². The molecule has 1 N–H and O–H groups in total. The number of hydrogen-bond acceptors (Lipinski definition) is 3. The Morgan fingerprint density at radius 2 is 2.27 bits per heavy atom. The molecule has 74 valence electrons. The van der Waals surface area contributed by atoms with Crippen LogP contribution in [0.2, 0.25) is 0 Å². The summed E-state index contributed by atoms with van der Waals surface area (Å²) in [6, 6.07) is 7.96. The highest BCUT2D eigenvalue weighted by molar-refractivity contribution is 5.61. The van der Waals surface area contributed by atoms with Crippen molar-refractivity contribution >= 4 is 6.08 Å². The molecule has 1 saturated heterocycles. The Morgan fingerprint density at radius 1 is 1.40 bits per heavy atom. The van der Waals surface area contributed by atoms with Crippen LogP contribution in [-0.4, -0.2) is 13.2 Å². The minimum atomic E-state index is -0.0436. The molecule has 3 rings (SSSR count). The molecule has 2 heterocycles. The summed E-state index contributed by atoms with van der Waals surface area (Å²) in [4.78, 5) is 0. The topological polar surface area (TPSA) is 45.0 Å². The molecule has 0 unspecified atom stereocenters. The van der Waals surface area contributed by atoms with Crippen molar-refractivity contribution in [3.8, 4) is 6.07 Å². The standard InChI is InChI=1S/C12H10N2O/c13-6-9-1-2-11-10(5-9)3-4-14-12(11)7-15-8-12/h1-5,14H,7-8H2. The van der Waals surface area contributed by atoms with Crippen LogP contribution in [0.3, 0.4) is 0 Å². The van der Waals surface area contributed by atoms with Gasteiger partial charge in [-0.05, 0) is 35.5 Å². The highest BCUT2D eigenvalue weighted by Gasteiger charge is 2.41. The van der Waals surface area contributed by atoms with Crippen molar-refractivity contribution in [3.63, 3.8) is 0 Å². The second-order valence-electron chi connectivity index (χ2n) is 3.97. The normalized spacial score (nSPS) is 19.9. The van der Waals surface area contributed by atoms with E-state index >= 15 is 0 Å². The molecule has 1 spiro atoms. The maximum atomic E-state index is 8.83. The summed E-state index contributed by atoms with van der Waals surface area (Å²) in [5.41, 5.74) is 3.01. The molecule has 15 heavy (non-hydrogen) atoms. The molecule has 1 aromatic carbocycles. The maximum absolute atomic E-state index is 8.83. The molecule has 3 heteroatoms. The predicted molar refractivity (Wildman–Crippen MR) is 55.8 cm³/mol. The molecule has 1 aromatic rings. The van der Waals surface area contributed by atoms with Crippen molar-refractivity contribution in [1.29, 1.82) is 5.26 Å². The van der Waals surface area contributed by atoms with E-state index in [9.17, 15) is 0 Å². The van der Waals surface area contributed by atoms with Gasteiger partial charge in [-0.2, -0.15) is 5.26 Å². The number of nitrogens with one attached hydrogen (secondary N) is 1. The Morgan fingerprint density at radius 3 is 2.93 bits per heavy atom. The number of nitriles is 1. The third kappa shape index (κ3) is 1.09. The number of ether oxygens (including phenoxy) is 1. The summed E-state index contributed by atoms with van der Waals surface area (Å²) in [5, 5.41) is 12.2. The Hall–Kier alpha value is -1.79. The van der Waals surface area contributed by atoms with E-state index in [0.717, 1.165) is 5.56 Å². The van der Waals surface area contributed by atoms with Crippen LogP contribution in [-0.2, 0) is 10.3 Å². The van der Waals surface area contributed by atoms with Crippen molar-refractivity contribution in [1.82, 2.24) is 5.32 Å². The summed E-state index contributed by atoms with van der Waals surface area (Å²) in [6.45, 7) is 1.41. The van der Waals surface area contributed by atoms with Gasteiger partial charge in [0.15, 0.2) is 0 Å². The Bertz CT molecular complexity index is 481. The molecule has 2 aliphatic heterocycles. The number of benzene rings is 1. The number of fused-ring (bicyclic) bond motifs is 2. The maximum Gasteiger partial charge on any atom is 0.110 e. The van der Waals surface area contributed by atoms with E-state index in [2.05, 4.69) is 11.4 Å². The lowest BCUT2D eigenvalue weighted by Crippen LogP contribution is -2.56. The van der Waals surface area contributed by atoms with Gasteiger partial charge in [0.25, 0.3) is 0 Å².